The lowest BCUT2D eigenvalue weighted by Gasteiger charge is -2.30. The van der Waals surface area contributed by atoms with Gasteiger partial charge in [0.1, 0.15) is 6.29 Å². The molecule has 0 aromatic heterocycles. The highest BCUT2D eigenvalue weighted by Crippen LogP contribution is 2.33. The minimum absolute atomic E-state index is 0.0469. The van der Waals surface area contributed by atoms with Crippen LogP contribution in [0.15, 0.2) is 0 Å². The number of carbonyl (C=O) groups is 1. The minimum atomic E-state index is -0.0469. The summed E-state index contributed by atoms with van der Waals surface area (Å²) in [6, 6.07) is 0. The van der Waals surface area contributed by atoms with Crippen molar-refractivity contribution in [1.82, 2.24) is 0 Å². The Morgan fingerprint density at radius 3 is 2.00 bits per heavy atom. The van der Waals surface area contributed by atoms with E-state index in [9.17, 15) is 4.79 Å². The zero-order chi connectivity index (χ0) is 8.91. The SMILES string of the molecule is CCCC(C=O)(CC)C(C)C. The predicted octanol–water partition coefficient (Wildman–Crippen LogP) is 3.04. The maximum atomic E-state index is 10.9. The van der Waals surface area contributed by atoms with Crippen LogP contribution in [0.4, 0.5) is 0 Å². The summed E-state index contributed by atoms with van der Waals surface area (Å²) >= 11 is 0. The molecule has 0 rings (SSSR count). The van der Waals surface area contributed by atoms with E-state index in [0.717, 1.165) is 25.5 Å². The summed E-state index contributed by atoms with van der Waals surface area (Å²) < 4.78 is 0. The van der Waals surface area contributed by atoms with Crippen molar-refractivity contribution in [3.63, 3.8) is 0 Å². The van der Waals surface area contributed by atoms with Crippen LogP contribution in [-0.2, 0) is 4.79 Å². The summed E-state index contributed by atoms with van der Waals surface area (Å²) in [5, 5.41) is 0. The van der Waals surface area contributed by atoms with E-state index in [-0.39, 0.29) is 5.41 Å². The van der Waals surface area contributed by atoms with Gasteiger partial charge in [-0.25, -0.2) is 0 Å². The first kappa shape index (κ1) is 10.7. The first-order valence-electron chi connectivity index (χ1n) is 4.59. The summed E-state index contributed by atoms with van der Waals surface area (Å²) in [5.41, 5.74) is -0.0469. The van der Waals surface area contributed by atoms with E-state index >= 15 is 0 Å². The Labute approximate surface area is 70.2 Å². The second kappa shape index (κ2) is 4.53. The van der Waals surface area contributed by atoms with Crippen LogP contribution in [0.3, 0.4) is 0 Å². The fourth-order valence-electron chi connectivity index (χ4n) is 1.62. The lowest BCUT2D eigenvalue weighted by molar-refractivity contribution is -0.119. The van der Waals surface area contributed by atoms with Gasteiger partial charge in [0.15, 0.2) is 0 Å². The molecule has 0 fully saturated rings. The van der Waals surface area contributed by atoms with Gasteiger partial charge in [-0.3, -0.25) is 0 Å². The lowest BCUT2D eigenvalue weighted by atomic mass is 9.73. The Hall–Kier alpha value is -0.330. The van der Waals surface area contributed by atoms with Gasteiger partial charge in [0.05, 0.1) is 0 Å². The van der Waals surface area contributed by atoms with Crippen LogP contribution in [0.25, 0.3) is 0 Å². The van der Waals surface area contributed by atoms with Gasteiger partial charge in [-0.05, 0) is 18.8 Å². The summed E-state index contributed by atoms with van der Waals surface area (Å²) in [4.78, 5) is 10.9. The molecule has 0 spiro atoms. The van der Waals surface area contributed by atoms with Gasteiger partial charge in [-0.1, -0.05) is 34.1 Å². The van der Waals surface area contributed by atoms with E-state index in [2.05, 4.69) is 27.7 Å². The molecule has 0 saturated carbocycles. The van der Waals surface area contributed by atoms with Crippen molar-refractivity contribution in [2.24, 2.45) is 11.3 Å². The van der Waals surface area contributed by atoms with Gasteiger partial charge < -0.3 is 4.79 Å². The third kappa shape index (κ3) is 2.32. The summed E-state index contributed by atoms with van der Waals surface area (Å²) in [7, 11) is 0. The lowest BCUT2D eigenvalue weighted by Crippen LogP contribution is -2.27. The normalized spacial score (nSPS) is 16.5. The highest BCUT2D eigenvalue weighted by molar-refractivity contribution is 5.59. The number of aldehydes is 1. The van der Waals surface area contributed by atoms with Crippen LogP contribution in [0.5, 0.6) is 0 Å². The fourth-order valence-corrected chi connectivity index (χ4v) is 1.62. The van der Waals surface area contributed by atoms with Crippen LogP contribution >= 0.6 is 0 Å². The quantitative estimate of drug-likeness (QED) is 0.559. The Kier molecular flexibility index (Phi) is 4.39. The molecule has 66 valence electrons. The van der Waals surface area contributed by atoms with Gasteiger partial charge in [0, 0.05) is 5.41 Å². The molecule has 1 atom stereocenters. The van der Waals surface area contributed by atoms with Crippen LogP contribution in [0.1, 0.15) is 47.0 Å². The maximum Gasteiger partial charge on any atom is 0.126 e. The van der Waals surface area contributed by atoms with Crippen LogP contribution in [0, 0.1) is 11.3 Å². The molecule has 0 aliphatic rings. The highest BCUT2D eigenvalue weighted by atomic mass is 16.1. The van der Waals surface area contributed by atoms with Crippen molar-refractivity contribution >= 4 is 6.29 Å². The third-order valence-corrected chi connectivity index (χ3v) is 2.76. The van der Waals surface area contributed by atoms with Crippen molar-refractivity contribution in [1.29, 1.82) is 0 Å². The molecule has 0 bridgehead atoms. The van der Waals surface area contributed by atoms with Crippen molar-refractivity contribution < 1.29 is 4.79 Å². The molecule has 0 heterocycles. The van der Waals surface area contributed by atoms with Gasteiger partial charge in [-0.15, -0.1) is 0 Å². The van der Waals surface area contributed by atoms with Crippen LogP contribution in [0.2, 0.25) is 0 Å². The molecule has 0 aromatic rings. The van der Waals surface area contributed by atoms with Crippen molar-refractivity contribution in [2.45, 2.75) is 47.0 Å². The minimum Gasteiger partial charge on any atom is -0.303 e. The van der Waals surface area contributed by atoms with Crippen molar-refractivity contribution in [3.05, 3.63) is 0 Å². The number of hydrogen-bond donors (Lipinski definition) is 0. The van der Waals surface area contributed by atoms with Gasteiger partial charge in [0.2, 0.25) is 0 Å². The second-order valence-corrected chi connectivity index (χ2v) is 3.61. The van der Waals surface area contributed by atoms with E-state index in [0.29, 0.717) is 5.92 Å². The molecule has 0 aliphatic carbocycles. The number of rotatable bonds is 5. The zero-order valence-corrected chi connectivity index (χ0v) is 8.18. The third-order valence-electron chi connectivity index (χ3n) is 2.76. The highest BCUT2D eigenvalue weighted by Gasteiger charge is 2.29. The average Bonchev–Trinajstić information content (AvgIpc) is 2.00. The molecule has 0 saturated heterocycles. The Morgan fingerprint density at radius 1 is 1.36 bits per heavy atom. The van der Waals surface area contributed by atoms with Gasteiger partial charge >= 0.3 is 0 Å². The molecular weight excluding hydrogens is 136 g/mol. The molecule has 0 N–H and O–H groups in total. The molecule has 11 heavy (non-hydrogen) atoms. The van der Waals surface area contributed by atoms with E-state index in [1.807, 2.05) is 0 Å². The fraction of sp³-hybridized carbons (Fsp3) is 0.900. The smallest absolute Gasteiger partial charge is 0.126 e. The maximum absolute atomic E-state index is 10.9. The van der Waals surface area contributed by atoms with E-state index in [1.54, 1.807) is 0 Å². The molecule has 0 radical (unpaired) electrons. The van der Waals surface area contributed by atoms with E-state index in [1.165, 1.54) is 0 Å². The molecule has 1 nitrogen and oxygen atoms in total. The topological polar surface area (TPSA) is 17.1 Å². The Morgan fingerprint density at radius 2 is 1.91 bits per heavy atom. The molecule has 0 aliphatic heterocycles. The summed E-state index contributed by atoms with van der Waals surface area (Å²) in [5.74, 6) is 0.477. The standard InChI is InChI=1S/C10H20O/c1-5-7-10(6-2,8-11)9(3)4/h8-9H,5-7H2,1-4H3. The molecule has 0 aromatic carbocycles. The van der Waals surface area contributed by atoms with Crippen LogP contribution in [-0.4, -0.2) is 6.29 Å². The number of carbonyl (C=O) groups excluding carboxylic acids is 1. The largest absolute Gasteiger partial charge is 0.303 e. The van der Waals surface area contributed by atoms with Crippen molar-refractivity contribution in [2.75, 3.05) is 0 Å². The van der Waals surface area contributed by atoms with E-state index in [4.69, 9.17) is 0 Å². The first-order valence-corrected chi connectivity index (χ1v) is 4.59. The Bertz CT molecular complexity index is 118. The van der Waals surface area contributed by atoms with E-state index < -0.39 is 0 Å². The monoisotopic (exact) mass is 156 g/mol. The zero-order valence-electron chi connectivity index (χ0n) is 8.18. The second-order valence-electron chi connectivity index (χ2n) is 3.61. The summed E-state index contributed by atoms with van der Waals surface area (Å²) in [6.07, 6.45) is 4.26. The van der Waals surface area contributed by atoms with Crippen molar-refractivity contribution in [3.8, 4) is 0 Å². The number of hydrogen-bond acceptors (Lipinski definition) is 1. The molecule has 1 unspecified atom stereocenters. The first-order chi connectivity index (χ1) is 5.13. The predicted molar refractivity (Wildman–Crippen MR) is 48.5 cm³/mol. The van der Waals surface area contributed by atoms with Gasteiger partial charge in [-0.2, -0.15) is 0 Å². The van der Waals surface area contributed by atoms with Gasteiger partial charge in [0.25, 0.3) is 0 Å². The summed E-state index contributed by atoms with van der Waals surface area (Å²) in [6.45, 7) is 8.50. The molecule has 1 heteroatoms. The van der Waals surface area contributed by atoms with Crippen LogP contribution < -0.4 is 0 Å². The average molecular weight is 156 g/mol. The Balaban J connectivity index is 4.32. The molecular formula is C10H20O. The molecule has 0 amide bonds.